The number of benzene rings is 3. The number of carbonyl (C=O) groups is 2. The molecule has 0 unspecified atom stereocenters. The Balaban J connectivity index is 1.81. The summed E-state index contributed by atoms with van der Waals surface area (Å²) in [5, 5.41) is 5.94. The van der Waals surface area contributed by atoms with E-state index in [9.17, 15) is 44.7 Å². The molecule has 0 radical (unpaired) electrons. The van der Waals surface area contributed by atoms with Crippen LogP contribution in [0.1, 0.15) is 21.5 Å². The number of hydrogen-bond acceptors (Lipinski definition) is 2. The number of urea groups is 1. The lowest BCUT2D eigenvalue weighted by molar-refractivity contribution is -0.138. The molecule has 0 aromatic heterocycles. The number of rotatable bonds is 4. The summed E-state index contributed by atoms with van der Waals surface area (Å²) in [4.78, 5) is 24.3. The minimum Gasteiger partial charge on any atom is -0.321 e. The summed E-state index contributed by atoms with van der Waals surface area (Å²) < 4.78 is 106. The summed E-state index contributed by atoms with van der Waals surface area (Å²) >= 11 is 0. The monoisotopic (exact) mass is 503 g/mol. The number of alkyl halides is 6. The van der Waals surface area contributed by atoms with Crippen LogP contribution in [-0.2, 0) is 12.4 Å². The van der Waals surface area contributed by atoms with Crippen molar-refractivity contribution in [3.05, 3.63) is 89.0 Å². The highest BCUT2D eigenvalue weighted by Crippen LogP contribution is 2.37. The average Bonchev–Trinajstić information content (AvgIpc) is 2.75. The van der Waals surface area contributed by atoms with Crippen molar-refractivity contribution >= 4 is 29.0 Å². The maximum absolute atomic E-state index is 13.8. The number of amides is 3. The first-order valence-electron chi connectivity index (χ1n) is 9.47. The SMILES string of the molecule is O=C(Nc1cccc(C(F)(F)F)c1)Nc1ccc(NC(=O)c2cccc(F)c2F)c(C(F)(F)F)c1. The van der Waals surface area contributed by atoms with Crippen LogP contribution in [0, 0.1) is 11.6 Å². The van der Waals surface area contributed by atoms with Crippen molar-refractivity contribution in [2.24, 2.45) is 0 Å². The van der Waals surface area contributed by atoms with Gasteiger partial charge in [0.1, 0.15) is 0 Å². The van der Waals surface area contributed by atoms with Crippen LogP contribution in [0.15, 0.2) is 60.7 Å². The predicted octanol–water partition coefficient (Wildman–Crippen LogP) is 6.90. The van der Waals surface area contributed by atoms with Crippen molar-refractivity contribution in [2.45, 2.75) is 12.4 Å². The molecule has 35 heavy (non-hydrogen) atoms. The predicted molar refractivity (Wildman–Crippen MR) is 110 cm³/mol. The van der Waals surface area contributed by atoms with E-state index >= 15 is 0 Å². The van der Waals surface area contributed by atoms with Crippen LogP contribution in [0.25, 0.3) is 0 Å². The lowest BCUT2D eigenvalue weighted by Crippen LogP contribution is -2.21. The lowest BCUT2D eigenvalue weighted by Gasteiger charge is -2.16. The molecule has 0 atom stereocenters. The molecule has 0 heterocycles. The van der Waals surface area contributed by atoms with Gasteiger partial charge in [-0.05, 0) is 48.5 Å². The van der Waals surface area contributed by atoms with Crippen LogP contribution in [0.2, 0.25) is 0 Å². The Hall–Kier alpha value is -4.16. The van der Waals surface area contributed by atoms with E-state index in [1.54, 1.807) is 0 Å². The van der Waals surface area contributed by atoms with Crippen molar-refractivity contribution in [3.8, 4) is 0 Å². The van der Waals surface area contributed by atoms with E-state index in [2.05, 4.69) is 5.32 Å². The molecule has 5 nitrogen and oxygen atoms in total. The second-order valence-corrected chi connectivity index (χ2v) is 6.97. The molecule has 0 fully saturated rings. The van der Waals surface area contributed by atoms with Crippen molar-refractivity contribution in [2.75, 3.05) is 16.0 Å². The van der Waals surface area contributed by atoms with Crippen LogP contribution in [-0.4, -0.2) is 11.9 Å². The van der Waals surface area contributed by atoms with E-state index in [-0.39, 0.29) is 5.69 Å². The molecule has 3 aromatic rings. The fourth-order valence-electron chi connectivity index (χ4n) is 2.90. The zero-order chi connectivity index (χ0) is 26.0. The van der Waals surface area contributed by atoms with Crippen LogP contribution >= 0.6 is 0 Å². The van der Waals surface area contributed by atoms with Crippen molar-refractivity contribution in [1.29, 1.82) is 0 Å². The van der Waals surface area contributed by atoms with Gasteiger partial charge in [0, 0.05) is 11.4 Å². The summed E-state index contributed by atoms with van der Waals surface area (Å²) in [7, 11) is 0. The molecule has 0 aliphatic rings. The third-order valence-electron chi connectivity index (χ3n) is 4.48. The molecule has 3 amide bonds. The minimum absolute atomic E-state index is 0.269. The highest BCUT2D eigenvalue weighted by Gasteiger charge is 2.35. The molecule has 184 valence electrons. The zero-order valence-electron chi connectivity index (χ0n) is 17.1. The van der Waals surface area contributed by atoms with Crippen LogP contribution in [0.4, 0.5) is 57.0 Å². The Morgan fingerprint density at radius 1 is 0.686 bits per heavy atom. The van der Waals surface area contributed by atoms with E-state index in [0.717, 1.165) is 48.5 Å². The fourth-order valence-corrected chi connectivity index (χ4v) is 2.90. The first-order chi connectivity index (χ1) is 16.3. The summed E-state index contributed by atoms with van der Waals surface area (Å²) in [5.74, 6) is -4.28. The Morgan fingerprint density at radius 2 is 1.31 bits per heavy atom. The highest BCUT2D eigenvalue weighted by atomic mass is 19.4. The third-order valence-corrected chi connectivity index (χ3v) is 4.48. The molecule has 0 aliphatic carbocycles. The van der Waals surface area contributed by atoms with Gasteiger partial charge in [-0.1, -0.05) is 12.1 Å². The molecule has 0 saturated carbocycles. The molecule has 0 aliphatic heterocycles. The first-order valence-corrected chi connectivity index (χ1v) is 9.47. The number of anilines is 3. The van der Waals surface area contributed by atoms with Gasteiger partial charge in [0.05, 0.1) is 22.4 Å². The second-order valence-electron chi connectivity index (χ2n) is 6.97. The van der Waals surface area contributed by atoms with Gasteiger partial charge in [-0.3, -0.25) is 4.79 Å². The standard InChI is InChI=1S/C22H13F8N3O2/c23-16-6-2-5-14(18(16)24)19(34)33-17-8-7-13(10-15(17)22(28,29)30)32-20(35)31-12-4-1-3-11(9-12)21(25,26)27/h1-10H,(H,33,34)(H2,31,32,35). The van der Waals surface area contributed by atoms with Gasteiger partial charge in [0.25, 0.3) is 5.91 Å². The van der Waals surface area contributed by atoms with Gasteiger partial charge in [0.2, 0.25) is 0 Å². The molecule has 13 heteroatoms. The molecule has 0 spiro atoms. The van der Waals surface area contributed by atoms with Crippen LogP contribution < -0.4 is 16.0 Å². The summed E-state index contributed by atoms with van der Waals surface area (Å²) in [6.07, 6.45) is -9.72. The number of nitrogens with one attached hydrogen (secondary N) is 3. The molecular weight excluding hydrogens is 490 g/mol. The second kappa shape index (κ2) is 9.60. The summed E-state index contributed by atoms with van der Waals surface area (Å²) in [5.41, 5.74) is -4.81. The van der Waals surface area contributed by atoms with Crippen LogP contribution in [0.3, 0.4) is 0 Å². The quantitative estimate of drug-likeness (QED) is 0.339. The smallest absolute Gasteiger partial charge is 0.321 e. The number of halogens is 8. The van der Waals surface area contributed by atoms with E-state index in [0.29, 0.717) is 12.1 Å². The molecule has 3 rings (SSSR count). The van der Waals surface area contributed by atoms with Crippen molar-refractivity contribution < 1.29 is 44.7 Å². The summed E-state index contributed by atoms with van der Waals surface area (Å²) in [6.45, 7) is 0. The topological polar surface area (TPSA) is 70.2 Å². The number of carbonyl (C=O) groups excluding carboxylic acids is 2. The zero-order valence-corrected chi connectivity index (χ0v) is 17.1. The van der Waals surface area contributed by atoms with Crippen LogP contribution in [0.5, 0.6) is 0 Å². The minimum atomic E-state index is -5.04. The maximum Gasteiger partial charge on any atom is 0.418 e. The van der Waals surface area contributed by atoms with E-state index in [1.807, 2.05) is 10.6 Å². The Kier molecular flexibility index (Phi) is 6.99. The van der Waals surface area contributed by atoms with Gasteiger partial charge in [-0.25, -0.2) is 13.6 Å². The molecule has 3 N–H and O–H groups in total. The Morgan fingerprint density at radius 3 is 1.94 bits per heavy atom. The summed E-state index contributed by atoms with van der Waals surface area (Å²) in [6, 6.07) is 7.17. The molecule has 3 aromatic carbocycles. The normalized spacial score (nSPS) is 11.7. The Labute approximate surface area is 191 Å². The maximum atomic E-state index is 13.8. The number of hydrogen-bond donors (Lipinski definition) is 3. The van der Waals surface area contributed by atoms with E-state index in [4.69, 9.17) is 0 Å². The van der Waals surface area contributed by atoms with Crippen molar-refractivity contribution in [1.82, 2.24) is 0 Å². The lowest BCUT2D eigenvalue weighted by atomic mass is 10.1. The first kappa shape index (κ1) is 25.5. The van der Waals surface area contributed by atoms with E-state index in [1.165, 1.54) is 0 Å². The highest BCUT2D eigenvalue weighted by molar-refractivity contribution is 6.05. The average molecular weight is 503 g/mol. The fraction of sp³-hybridized carbons (Fsp3) is 0.0909. The van der Waals surface area contributed by atoms with Gasteiger partial charge in [0.15, 0.2) is 11.6 Å². The van der Waals surface area contributed by atoms with Crippen molar-refractivity contribution in [3.63, 3.8) is 0 Å². The molecular formula is C22H13F8N3O2. The van der Waals surface area contributed by atoms with Gasteiger partial charge < -0.3 is 16.0 Å². The molecule has 0 bridgehead atoms. The van der Waals surface area contributed by atoms with Gasteiger partial charge >= 0.3 is 18.4 Å². The third kappa shape index (κ3) is 6.25. The van der Waals surface area contributed by atoms with E-state index < -0.39 is 64.0 Å². The Bertz CT molecular complexity index is 1270. The molecule has 0 saturated heterocycles. The largest absolute Gasteiger partial charge is 0.418 e. The van der Waals surface area contributed by atoms with Gasteiger partial charge in [-0.15, -0.1) is 0 Å². The van der Waals surface area contributed by atoms with Gasteiger partial charge in [-0.2, -0.15) is 26.3 Å².